The minimum Gasteiger partial charge on any atom is -0.479 e. The van der Waals surface area contributed by atoms with Crippen molar-refractivity contribution >= 4 is 24.0 Å². The van der Waals surface area contributed by atoms with Crippen LogP contribution < -0.4 is 0 Å². The van der Waals surface area contributed by atoms with Crippen molar-refractivity contribution in [3.63, 3.8) is 0 Å². The van der Waals surface area contributed by atoms with E-state index < -0.39 is 12.1 Å². The lowest BCUT2D eigenvalue weighted by atomic mass is 9.99. The van der Waals surface area contributed by atoms with E-state index in [9.17, 15) is 14.7 Å². The summed E-state index contributed by atoms with van der Waals surface area (Å²) in [7, 11) is 0. The normalized spacial score (nSPS) is 12.1. The predicted molar refractivity (Wildman–Crippen MR) is 65.2 cm³/mol. The molecule has 17 heavy (non-hydrogen) atoms. The standard InChI is InChI=1S/C12H14O4S/c1-17-9-6-2-4-8(5-3-7-13)10(9)11(14)12(15)16/h2,4,6-7,11,14H,3,5H2,1H3,(H,15,16). The summed E-state index contributed by atoms with van der Waals surface area (Å²) in [6.45, 7) is 0. The third-order valence-electron chi connectivity index (χ3n) is 2.42. The molecular formula is C12H14O4S. The van der Waals surface area contributed by atoms with Crippen LogP contribution >= 0.6 is 11.8 Å². The van der Waals surface area contributed by atoms with Crippen LogP contribution in [0.1, 0.15) is 23.7 Å². The number of benzene rings is 1. The molecule has 0 radical (unpaired) electrons. The van der Waals surface area contributed by atoms with Gasteiger partial charge in [-0.15, -0.1) is 11.8 Å². The van der Waals surface area contributed by atoms with E-state index in [2.05, 4.69) is 0 Å². The van der Waals surface area contributed by atoms with Gasteiger partial charge in [-0.25, -0.2) is 4.79 Å². The van der Waals surface area contributed by atoms with Crippen molar-refractivity contribution in [2.75, 3.05) is 6.26 Å². The maximum atomic E-state index is 10.9. The van der Waals surface area contributed by atoms with E-state index in [0.29, 0.717) is 24.0 Å². The van der Waals surface area contributed by atoms with E-state index in [4.69, 9.17) is 5.11 Å². The molecule has 0 aromatic heterocycles. The Kier molecular flexibility index (Phi) is 5.18. The Morgan fingerprint density at radius 1 is 1.53 bits per heavy atom. The van der Waals surface area contributed by atoms with Crippen molar-refractivity contribution in [1.29, 1.82) is 0 Å². The van der Waals surface area contributed by atoms with Crippen molar-refractivity contribution in [3.8, 4) is 0 Å². The molecule has 5 heteroatoms. The van der Waals surface area contributed by atoms with Crippen LogP contribution in [0.2, 0.25) is 0 Å². The Morgan fingerprint density at radius 3 is 2.76 bits per heavy atom. The summed E-state index contributed by atoms with van der Waals surface area (Å²) in [6.07, 6.45) is 1.81. The first-order chi connectivity index (χ1) is 8.11. The lowest BCUT2D eigenvalue weighted by Crippen LogP contribution is -2.14. The molecule has 0 heterocycles. The van der Waals surface area contributed by atoms with E-state index in [0.717, 1.165) is 11.2 Å². The van der Waals surface area contributed by atoms with Crippen LogP contribution in [-0.4, -0.2) is 28.7 Å². The lowest BCUT2D eigenvalue weighted by Gasteiger charge is -2.15. The highest BCUT2D eigenvalue weighted by atomic mass is 32.2. The zero-order chi connectivity index (χ0) is 12.8. The number of thioether (sulfide) groups is 1. The quantitative estimate of drug-likeness (QED) is 0.596. The summed E-state index contributed by atoms with van der Waals surface area (Å²) in [6, 6.07) is 5.30. The van der Waals surface area contributed by atoms with Crippen molar-refractivity contribution in [3.05, 3.63) is 29.3 Å². The van der Waals surface area contributed by atoms with Gasteiger partial charge < -0.3 is 15.0 Å². The van der Waals surface area contributed by atoms with E-state index in [1.807, 2.05) is 6.26 Å². The maximum absolute atomic E-state index is 10.9. The average molecular weight is 254 g/mol. The van der Waals surface area contributed by atoms with Crippen LogP contribution in [0.3, 0.4) is 0 Å². The second-order valence-electron chi connectivity index (χ2n) is 3.48. The van der Waals surface area contributed by atoms with Gasteiger partial charge in [0, 0.05) is 16.9 Å². The first-order valence-corrected chi connectivity index (χ1v) is 6.34. The average Bonchev–Trinajstić information content (AvgIpc) is 2.34. The van der Waals surface area contributed by atoms with Gasteiger partial charge in [0.05, 0.1) is 0 Å². The number of carbonyl (C=O) groups excluding carboxylic acids is 1. The molecule has 1 aromatic carbocycles. The Morgan fingerprint density at radius 2 is 2.24 bits per heavy atom. The summed E-state index contributed by atoms with van der Waals surface area (Å²) in [4.78, 5) is 22.0. The number of carboxylic acid groups (broad SMARTS) is 1. The van der Waals surface area contributed by atoms with Crippen LogP contribution in [0.25, 0.3) is 0 Å². The fraction of sp³-hybridized carbons (Fsp3) is 0.333. The van der Waals surface area contributed by atoms with Gasteiger partial charge in [-0.3, -0.25) is 0 Å². The Balaban J connectivity index is 3.19. The van der Waals surface area contributed by atoms with E-state index >= 15 is 0 Å². The van der Waals surface area contributed by atoms with Gasteiger partial charge >= 0.3 is 5.97 Å². The number of hydrogen-bond acceptors (Lipinski definition) is 4. The summed E-state index contributed by atoms with van der Waals surface area (Å²) in [5.74, 6) is -1.28. The molecule has 1 atom stereocenters. The fourth-order valence-corrected chi connectivity index (χ4v) is 2.31. The SMILES string of the molecule is CSc1cccc(CCC=O)c1C(O)C(=O)O. The molecule has 4 nitrogen and oxygen atoms in total. The van der Waals surface area contributed by atoms with Gasteiger partial charge in [0.25, 0.3) is 0 Å². The van der Waals surface area contributed by atoms with Crippen molar-refractivity contribution in [2.45, 2.75) is 23.8 Å². The number of rotatable bonds is 6. The first kappa shape index (κ1) is 13.7. The molecule has 1 unspecified atom stereocenters. The summed E-state index contributed by atoms with van der Waals surface area (Å²) < 4.78 is 0. The zero-order valence-corrected chi connectivity index (χ0v) is 10.2. The number of carboxylic acids is 1. The van der Waals surface area contributed by atoms with Gasteiger partial charge in [0.2, 0.25) is 0 Å². The topological polar surface area (TPSA) is 74.6 Å². The number of hydrogen-bond donors (Lipinski definition) is 2. The third kappa shape index (κ3) is 3.31. The van der Waals surface area contributed by atoms with E-state index in [-0.39, 0.29) is 0 Å². The molecule has 0 spiro atoms. The molecule has 92 valence electrons. The highest BCUT2D eigenvalue weighted by Crippen LogP contribution is 2.30. The van der Waals surface area contributed by atoms with Gasteiger partial charge in [0.15, 0.2) is 6.10 Å². The third-order valence-corrected chi connectivity index (χ3v) is 3.21. The molecule has 0 aliphatic heterocycles. The zero-order valence-electron chi connectivity index (χ0n) is 9.42. The molecule has 0 fully saturated rings. The largest absolute Gasteiger partial charge is 0.479 e. The molecule has 0 saturated carbocycles. The number of aliphatic carboxylic acids is 1. The minimum absolute atomic E-state index is 0.317. The summed E-state index contributed by atoms with van der Waals surface area (Å²) in [5.41, 5.74) is 1.10. The number of carbonyl (C=O) groups is 2. The highest BCUT2D eigenvalue weighted by molar-refractivity contribution is 7.98. The highest BCUT2D eigenvalue weighted by Gasteiger charge is 2.22. The number of aliphatic hydroxyl groups is 1. The number of aryl methyl sites for hydroxylation is 1. The molecule has 0 amide bonds. The minimum atomic E-state index is -1.54. The van der Waals surface area contributed by atoms with E-state index in [1.54, 1.807) is 18.2 Å². The lowest BCUT2D eigenvalue weighted by molar-refractivity contribution is -0.147. The molecule has 0 aliphatic rings. The molecular weight excluding hydrogens is 240 g/mol. The Bertz CT molecular complexity index is 417. The predicted octanol–water partition coefficient (Wildman–Crippen LogP) is 1.66. The second-order valence-corrected chi connectivity index (χ2v) is 4.33. The smallest absolute Gasteiger partial charge is 0.337 e. The van der Waals surface area contributed by atoms with Gasteiger partial charge in [-0.1, -0.05) is 12.1 Å². The number of aliphatic hydroxyl groups excluding tert-OH is 1. The van der Waals surface area contributed by atoms with Crippen molar-refractivity contribution in [2.24, 2.45) is 0 Å². The molecule has 1 rings (SSSR count). The van der Waals surface area contributed by atoms with Crippen LogP contribution in [0, 0.1) is 0 Å². The van der Waals surface area contributed by atoms with Crippen molar-refractivity contribution < 1.29 is 19.8 Å². The second kappa shape index (κ2) is 6.42. The van der Waals surface area contributed by atoms with Crippen molar-refractivity contribution in [1.82, 2.24) is 0 Å². The van der Waals surface area contributed by atoms with Crippen LogP contribution in [0.15, 0.2) is 23.1 Å². The summed E-state index contributed by atoms with van der Waals surface area (Å²) in [5, 5.41) is 18.6. The molecule has 0 saturated heterocycles. The molecule has 0 aliphatic carbocycles. The van der Waals surface area contributed by atoms with Gasteiger partial charge in [-0.05, 0) is 24.3 Å². The maximum Gasteiger partial charge on any atom is 0.337 e. The van der Waals surface area contributed by atoms with Crippen LogP contribution in [0.4, 0.5) is 0 Å². The van der Waals surface area contributed by atoms with Gasteiger partial charge in [0.1, 0.15) is 6.29 Å². The monoisotopic (exact) mass is 254 g/mol. The first-order valence-electron chi connectivity index (χ1n) is 5.12. The van der Waals surface area contributed by atoms with Crippen LogP contribution in [0.5, 0.6) is 0 Å². The molecule has 2 N–H and O–H groups in total. The van der Waals surface area contributed by atoms with Gasteiger partial charge in [-0.2, -0.15) is 0 Å². The Labute approximate surface area is 104 Å². The Hall–Kier alpha value is -1.33. The molecule has 1 aromatic rings. The number of aldehydes is 1. The fourth-order valence-electron chi connectivity index (χ4n) is 1.63. The van der Waals surface area contributed by atoms with E-state index in [1.165, 1.54) is 11.8 Å². The summed E-state index contributed by atoms with van der Waals surface area (Å²) >= 11 is 1.38. The molecule has 0 bridgehead atoms. The van der Waals surface area contributed by atoms with Crippen LogP contribution in [-0.2, 0) is 16.0 Å².